The number of fused-ring (bicyclic) bond motifs is 1. The molecule has 0 atom stereocenters. The number of aromatic nitrogens is 6. The Hall–Kier alpha value is -4.05. The Morgan fingerprint density at radius 1 is 1.18 bits per heavy atom. The molecule has 0 unspecified atom stereocenters. The number of methoxy groups -OCH3 is 1. The summed E-state index contributed by atoms with van der Waals surface area (Å²) in [4.78, 5) is 21.8. The van der Waals surface area contributed by atoms with Crippen LogP contribution in [0.5, 0.6) is 5.75 Å². The fraction of sp³-hybridized carbons (Fsp3) is 0.208. The van der Waals surface area contributed by atoms with Gasteiger partial charge in [-0.25, -0.2) is 14.6 Å². The van der Waals surface area contributed by atoms with Gasteiger partial charge in [0.15, 0.2) is 10.8 Å². The molecular weight excluding hydrogens is 450 g/mol. The lowest BCUT2D eigenvalue weighted by Gasteiger charge is -2.06. The van der Waals surface area contributed by atoms with Crippen molar-refractivity contribution in [3.05, 3.63) is 60.0 Å². The van der Waals surface area contributed by atoms with Gasteiger partial charge in [-0.1, -0.05) is 12.1 Å². The molecule has 9 nitrogen and oxygen atoms in total. The molecular formula is C24H23N7O2S. The van der Waals surface area contributed by atoms with Crippen LogP contribution in [0.1, 0.15) is 12.6 Å². The van der Waals surface area contributed by atoms with Crippen LogP contribution in [0.4, 0.5) is 5.13 Å². The van der Waals surface area contributed by atoms with Gasteiger partial charge in [-0.05, 0) is 43.2 Å². The van der Waals surface area contributed by atoms with Crippen molar-refractivity contribution in [2.75, 3.05) is 12.4 Å². The van der Waals surface area contributed by atoms with E-state index in [4.69, 9.17) is 4.74 Å². The molecule has 0 spiro atoms. The predicted octanol–water partition coefficient (Wildman–Crippen LogP) is 4.39. The first-order chi connectivity index (χ1) is 16.6. The zero-order valence-electron chi connectivity index (χ0n) is 19.0. The van der Waals surface area contributed by atoms with Gasteiger partial charge in [0, 0.05) is 35.3 Å². The molecule has 0 fully saturated rings. The van der Waals surface area contributed by atoms with Gasteiger partial charge in [0.1, 0.15) is 12.3 Å². The Balaban J connectivity index is 1.36. The number of hydrogen-bond donors (Lipinski definition) is 1. The first kappa shape index (κ1) is 21.8. The molecule has 0 aliphatic carbocycles. The lowest BCUT2D eigenvalue weighted by atomic mass is 10.0. The molecule has 172 valence electrons. The van der Waals surface area contributed by atoms with Crippen molar-refractivity contribution in [3.63, 3.8) is 0 Å². The largest absolute Gasteiger partial charge is 0.497 e. The highest BCUT2D eigenvalue weighted by Gasteiger charge is 2.17. The van der Waals surface area contributed by atoms with Crippen LogP contribution in [0.2, 0.25) is 0 Å². The van der Waals surface area contributed by atoms with E-state index in [1.54, 1.807) is 24.2 Å². The molecule has 1 aromatic carbocycles. The maximum absolute atomic E-state index is 12.8. The van der Waals surface area contributed by atoms with Crippen LogP contribution in [-0.4, -0.2) is 42.5 Å². The zero-order valence-corrected chi connectivity index (χ0v) is 19.8. The minimum Gasteiger partial charge on any atom is -0.497 e. The molecule has 0 radical (unpaired) electrons. The number of aryl methyl sites for hydroxylation is 2. The molecule has 5 rings (SSSR count). The summed E-state index contributed by atoms with van der Waals surface area (Å²) in [5.74, 6) is 0.578. The van der Waals surface area contributed by atoms with E-state index in [9.17, 15) is 4.79 Å². The van der Waals surface area contributed by atoms with Crippen molar-refractivity contribution in [2.45, 2.75) is 26.9 Å². The smallest absolute Gasteiger partial charge is 0.247 e. The topological polar surface area (TPSA) is 99.8 Å². The summed E-state index contributed by atoms with van der Waals surface area (Å²) in [6.07, 6.45) is 5.45. The second-order valence-corrected chi connectivity index (χ2v) is 8.56. The number of nitrogens with one attached hydrogen (secondary N) is 1. The number of thiazole rings is 1. The number of ether oxygens (including phenoxy) is 1. The van der Waals surface area contributed by atoms with Crippen LogP contribution >= 0.6 is 11.3 Å². The zero-order chi connectivity index (χ0) is 23.7. The minimum absolute atomic E-state index is 0.0338. The maximum atomic E-state index is 12.8. The molecule has 10 heteroatoms. The fourth-order valence-electron chi connectivity index (χ4n) is 3.83. The Morgan fingerprint density at radius 3 is 2.74 bits per heavy atom. The second-order valence-electron chi connectivity index (χ2n) is 7.70. The van der Waals surface area contributed by atoms with E-state index in [0.717, 1.165) is 45.8 Å². The number of pyridine rings is 1. The average molecular weight is 474 g/mol. The number of hydrogen-bond acceptors (Lipinski definition) is 7. The van der Waals surface area contributed by atoms with Crippen LogP contribution in [0.25, 0.3) is 33.4 Å². The fourth-order valence-corrected chi connectivity index (χ4v) is 4.57. The number of amides is 1. The van der Waals surface area contributed by atoms with Crippen LogP contribution in [0.15, 0.2) is 54.3 Å². The molecule has 0 saturated carbocycles. The van der Waals surface area contributed by atoms with E-state index in [-0.39, 0.29) is 12.5 Å². The summed E-state index contributed by atoms with van der Waals surface area (Å²) in [5, 5.41) is 15.1. The third-order valence-electron chi connectivity index (χ3n) is 5.51. The third-order valence-corrected chi connectivity index (χ3v) is 6.26. The third kappa shape index (κ3) is 4.15. The van der Waals surface area contributed by atoms with Crippen molar-refractivity contribution < 1.29 is 9.53 Å². The number of rotatable bonds is 7. The van der Waals surface area contributed by atoms with Gasteiger partial charge in [0.25, 0.3) is 0 Å². The normalized spacial score (nSPS) is 11.1. The summed E-state index contributed by atoms with van der Waals surface area (Å²) in [7, 11) is 1.64. The number of carbonyl (C=O) groups excluding carboxylic acids is 1. The Kier molecular flexibility index (Phi) is 5.81. The number of anilines is 1. The first-order valence-corrected chi connectivity index (χ1v) is 11.7. The van der Waals surface area contributed by atoms with Crippen molar-refractivity contribution in [1.29, 1.82) is 0 Å². The van der Waals surface area contributed by atoms with Crippen molar-refractivity contribution in [1.82, 2.24) is 29.5 Å². The summed E-state index contributed by atoms with van der Waals surface area (Å²) in [5.41, 5.74) is 5.21. The van der Waals surface area contributed by atoms with E-state index in [2.05, 4.69) is 25.5 Å². The lowest BCUT2D eigenvalue weighted by molar-refractivity contribution is -0.116. The highest BCUT2D eigenvalue weighted by molar-refractivity contribution is 7.14. The SMILES string of the molecule is CCn1cc(-c2csc(NC(=O)Cn3nc(C)c4c(-c5ccc(OC)cc5)ccnc43)n2)cn1. The highest BCUT2D eigenvalue weighted by atomic mass is 32.1. The monoisotopic (exact) mass is 473 g/mol. The Bertz CT molecular complexity index is 1470. The van der Waals surface area contributed by atoms with E-state index < -0.39 is 0 Å². The van der Waals surface area contributed by atoms with Crippen molar-refractivity contribution in [3.8, 4) is 28.1 Å². The van der Waals surface area contributed by atoms with E-state index in [1.807, 2.05) is 60.4 Å². The average Bonchev–Trinajstić information content (AvgIpc) is 3.58. The van der Waals surface area contributed by atoms with Gasteiger partial charge in [-0.2, -0.15) is 10.2 Å². The molecule has 1 amide bonds. The number of benzene rings is 1. The molecule has 0 aliphatic heterocycles. The minimum atomic E-state index is -0.216. The molecule has 4 aromatic heterocycles. The molecule has 0 bridgehead atoms. The standard InChI is InChI=1S/C24H23N7O2S/c1-4-30-12-17(11-26-30)20-14-34-24(27-20)28-21(32)13-31-23-22(15(2)29-31)19(9-10-25-23)16-5-7-18(33-3)8-6-16/h5-12,14H,4,13H2,1-3H3,(H,27,28,32). The van der Waals surface area contributed by atoms with E-state index >= 15 is 0 Å². The predicted molar refractivity (Wildman–Crippen MR) is 132 cm³/mol. The quantitative estimate of drug-likeness (QED) is 0.376. The molecule has 0 saturated heterocycles. The van der Waals surface area contributed by atoms with Crippen LogP contribution in [0.3, 0.4) is 0 Å². The molecule has 34 heavy (non-hydrogen) atoms. The summed E-state index contributed by atoms with van der Waals surface area (Å²) in [6.45, 7) is 4.78. The van der Waals surface area contributed by atoms with Crippen LogP contribution < -0.4 is 10.1 Å². The van der Waals surface area contributed by atoms with E-state index in [1.165, 1.54) is 11.3 Å². The summed E-state index contributed by atoms with van der Waals surface area (Å²) in [6, 6.07) is 9.80. The molecule has 4 heterocycles. The lowest BCUT2D eigenvalue weighted by Crippen LogP contribution is -2.19. The van der Waals surface area contributed by atoms with Crippen molar-refractivity contribution >= 4 is 33.4 Å². The second kappa shape index (κ2) is 9.06. The molecule has 0 aliphatic rings. The van der Waals surface area contributed by atoms with E-state index in [0.29, 0.717) is 10.8 Å². The van der Waals surface area contributed by atoms with Gasteiger partial charge >= 0.3 is 0 Å². The maximum Gasteiger partial charge on any atom is 0.247 e. The van der Waals surface area contributed by atoms with Gasteiger partial charge < -0.3 is 10.1 Å². The van der Waals surface area contributed by atoms with Gasteiger partial charge in [0.2, 0.25) is 5.91 Å². The molecule has 1 N–H and O–H groups in total. The first-order valence-electron chi connectivity index (χ1n) is 10.8. The summed E-state index contributed by atoms with van der Waals surface area (Å²) >= 11 is 1.38. The number of carbonyl (C=O) groups is 1. The van der Waals surface area contributed by atoms with Crippen LogP contribution in [0, 0.1) is 6.92 Å². The number of nitrogens with zero attached hydrogens (tertiary/aromatic N) is 6. The van der Waals surface area contributed by atoms with Crippen molar-refractivity contribution in [2.24, 2.45) is 0 Å². The van der Waals surface area contributed by atoms with Crippen LogP contribution in [-0.2, 0) is 17.9 Å². The van der Waals surface area contributed by atoms with Gasteiger partial charge in [-0.15, -0.1) is 11.3 Å². The summed E-state index contributed by atoms with van der Waals surface area (Å²) < 4.78 is 8.73. The van der Waals surface area contributed by atoms with Gasteiger partial charge in [-0.3, -0.25) is 9.48 Å². The highest BCUT2D eigenvalue weighted by Crippen LogP contribution is 2.31. The van der Waals surface area contributed by atoms with Gasteiger partial charge in [0.05, 0.1) is 24.7 Å². The Labute approximate surface area is 200 Å². The molecule has 5 aromatic rings. The Morgan fingerprint density at radius 2 is 2.00 bits per heavy atom.